The third kappa shape index (κ3) is 9.10. The van der Waals surface area contributed by atoms with E-state index in [4.69, 9.17) is 26.2 Å². The van der Waals surface area contributed by atoms with Crippen molar-refractivity contribution >= 4 is 41.5 Å². The Morgan fingerprint density at radius 3 is 2.45 bits per heavy atom. The summed E-state index contributed by atoms with van der Waals surface area (Å²) < 4.78 is 10.8. The summed E-state index contributed by atoms with van der Waals surface area (Å²) in [4.78, 5) is 4.63. The van der Waals surface area contributed by atoms with Gasteiger partial charge in [-0.25, -0.2) is 4.99 Å². The van der Waals surface area contributed by atoms with Crippen molar-refractivity contribution in [1.82, 2.24) is 10.6 Å². The smallest absolute Gasteiger partial charge is 0.191 e. The van der Waals surface area contributed by atoms with Crippen LogP contribution in [0.5, 0.6) is 11.5 Å². The number of nitrogens with zero attached hydrogens (tertiary/aromatic N) is 1. The number of ether oxygens (including phenoxy) is 2. The summed E-state index contributed by atoms with van der Waals surface area (Å²) in [7, 11) is 1.59. The van der Waals surface area contributed by atoms with E-state index in [0.717, 1.165) is 36.1 Å². The molecule has 0 saturated carbocycles. The molecule has 0 amide bonds. The highest BCUT2D eigenvalue weighted by Crippen LogP contribution is 2.28. The SMILES string of the molecule is CCNC(=NCc1ccc(OCCO)c(OC)c1)NCCc1ccc(Cl)cc1.I. The minimum atomic E-state index is -0.0388. The van der Waals surface area contributed by atoms with E-state index in [2.05, 4.69) is 15.6 Å². The lowest BCUT2D eigenvalue weighted by molar-refractivity contribution is 0.196. The molecule has 0 atom stereocenters. The van der Waals surface area contributed by atoms with E-state index in [1.807, 2.05) is 49.4 Å². The molecule has 0 radical (unpaired) electrons. The molecule has 0 spiro atoms. The fraction of sp³-hybridized carbons (Fsp3) is 0.381. The zero-order valence-electron chi connectivity index (χ0n) is 16.8. The summed E-state index contributed by atoms with van der Waals surface area (Å²) >= 11 is 5.92. The molecule has 2 aromatic rings. The van der Waals surface area contributed by atoms with Gasteiger partial charge in [-0.2, -0.15) is 0 Å². The van der Waals surface area contributed by atoms with Crippen molar-refractivity contribution in [1.29, 1.82) is 0 Å². The molecule has 29 heavy (non-hydrogen) atoms. The molecule has 2 aromatic carbocycles. The molecule has 0 aliphatic rings. The van der Waals surface area contributed by atoms with Crippen LogP contribution in [0, 0.1) is 0 Å². The van der Waals surface area contributed by atoms with E-state index < -0.39 is 0 Å². The zero-order valence-corrected chi connectivity index (χ0v) is 19.9. The number of nitrogens with one attached hydrogen (secondary N) is 2. The predicted octanol–water partition coefficient (Wildman–Crippen LogP) is 3.64. The third-order valence-corrected chi connectivity index (χ3v) is 4.21. The van der Waals surface area contributed by atoms with Gasteiger partial charge >= 0.3 is 0 Å². The number of benzene rings is 2. The Balaban J connectivity index is 0.00000420. The molecule has 0 aliphatic heterocycles. The first kappa shape index (κ1) is 25.3. The molecule has 0 aliphatic carbocycles. The Hall–Kier alpha value is -1.71. The standard InChI is InChI=1S/C21H28ClN3O3.HI/c1-3-23-21(24-11-10-16-4-7-18(22)8-5-16)25-15-17-6-9-19(28-13-12-26)20(14-17)27-2;/h4-9,14,26H,3,10-13,15H2,1-2H3,(H2,23,24,25);1H. The molecule has 0 unspecified atom stereocenters. The molecule has 0 fully saturated rings. The van der Waals surface area contributed by atoms with Crippen molar-refractivity contribution < 1.29 is 14.6 Å². The quantitative estimate of drug-likeness (QED) is 0.247. The fourth-order valence-corrected chi connectivity index (χ4v) is 2.70. The van der Waals surface area contributed by atoms with Crippen LogP contribution < -0.4 is 20.1 Å². The van der Waals surface area contributed by atoms with Crippen molar-refractivity contribution in [3.8, 4) is 11.5 Å². The van der Waals surface area contributed by atoms with Gasteiger partial charge in [-0.15, -0.1) is 24.0 Å². The molecule has 0 aromatic heterocycles. The van der Waals surface area contributed by atoms with Gasteiger partial charge in [0.1, 0.15) is 6.61 Å². The number of guanidine groups is 1. The molecule has 160 valence electrons. The summed E-state index contributed by atoms with van der Waals surface area (Å²) in [5, 5.41) is 16.2. The van der Waals surface area contributed by atoms with E-state index in [9.17, 15) is 0 Å². The van der Waals surface area contributed by atoms with Gasteiger partial charge < -0.3 is 25.2 Å². The van der Waals surface area contributed by atoms with Crippen LogP contribution in [-0.4, -0.2) is 44.5 Å². The van der Waals surface area contributed by atoms with Crippen molar-refractivity contribution in [3.05, 3.63) is 58.6 Å². The van der Waals surface area contributed by atoms with Crippen molar-refractivity contribution in [2.24, 2.45) is 4.99 Å². The zero-order chi connectivity index (χ0) is 20.2. The second-order valence-electron chi connectivity index (χ2n) is 6.06. The Morgan fingerprint density at radius 2 is 1.79 bits per heavy atom. The lowest BCUT2D eigenvalue weighted by atomic mass is 10.1. The number of methoxy groups -OCH3 is 1. The van der Waals surface area contributed by atoms with Crippen LogP contribution in [0.3, 0.4) is 0 Å². The molecular weight excluding hydrogens is 505 g/mol. The van der Waals surface area contributed by atoms with Crippen LogP contribution in [0.1, 0.15) is 18.1 Å². The van der Waals surface area contributed by atoms with Gasteiger partial charge in [0.05, 0.1) is 20.3 Å². The minimum absolute atomic E-state index is 0. The molecule has 0 heterocycles. The summed E-state index contributed by atoms with van der Waals surface area (Å²) in [6.45, 7) is 4.29. The molecule has 2 rings (SSSR count). The van der Waals surface area contributed by atoms with E-state index in [-0.39, 0.29) is 37.2 Å². The van der Waals surface area contributed by atoms with Gasteiger partial charge in [-0.1, -0.05) is 29.8 Å². The third-order valence-electron chi connectivity index (χ3n) is 3.96. The summed E-state index contributed by atoms with van der Waals surface area (Å²) in [5.74, 6) is 2.00. The highest BCUT2D eigenvalue weighted by Gasteiger charge is 2.06. The largest absolute Gasteiger partial charge is 0.493 e. The van der Waals surface area contributed by atoms with E-state index in [0.29, 0.717) is 18.0 Å². The maximum absolute atomic E-state index is 8.89. The van der Waals surface area contributed by atoms with Crippen LogP contribution in [-0.2, 0) is 13.0 Å². The van der Waals surface area contributed by atoms with Crippen LogP contribution in [0.15, 0.2) is 47.5 Å². The van der Waals surface area contributed by atoms with Gasteiger partial charge in [0.2, 0.25) is 0 Å². The summed E-state index contributed by atoms with van der Waals surface area (Å²) in [5.41, 5.74) is 2.22. The first-order valence-corrected chi connectivity index (χ1v) is 9.71. The van der Waals surface area contributed by atoms with Gasteiger partial charge in [-0.3, -0.25) is 0 Å². The van der Waals surface area contributed by atoms with Gasteiger partial charge in [0, 0.05) is 18.1 Å². The number of hydrogen-bond donors (Lipinski definition) is 3. The predicted molar refractivity (Wildman–Crippen MR) is 129 cm³/mol. The fourth-order valence-electron chi connectivity index (χ4n) is 2.57. The number of aliphatic imine (C=N–C) groups is 1. The van der Waals surface area contributed by atoms with Crippen LogP contribution >= 0.6 is 35.6 Å². The van der Waals surface area contributed by atoms with Crippen LogP contribution in [0.4, 0.5) is 0 Å². The first-order valence-electron chi connectivity index (χ1n) is 9.33. The first-order chi connectivity index (χ1) is 13.7. The normalized spacial score (nSPS) is 10.8. The second kappa shape index (κ2) is 14.3. The maximum atomic E-state index is 8.89. The highest BCUT2D eigenvalue weighted by molar-refractivity contribution is 14.0. The maximum Gasteiger partial charge on any atom is 0.191 e. The Morgan fingerprint density at radius 1 is 1.07 bits per heavy atom. The van der Waals surface area contributed by atoms with Crippen LogP contribution in [0.25, 0.3) is 0 Å². The van der Waals surface area contributed by atoms with Gasteiger partial charge in [0.15, 0.2) is 17.5 Å². The highest BCUT2D eigenvalue weighted by atomic mass is 127. The Labute approximate surface area is 194 Å². The number of aliphatic hydroxyl groups excluding tert-OH is 1. The monoisotopic (exact) mass is 533 g/mol. The molecule has 0 saturated heterocycles. The van der Waals surface area contributed by atoms with Crippen molar-refractivity contribution in [2.45, 2.75) is 19.9 Å². The molecule has 6 nitrogen and oxygen atoms in total. The van der Waals surface area contributed by atoms with Crippen molar-refractivity contribution in [2.75, 3.05) is 33.4 Å². The Kier molecular flexibility index (Phi) is 12.5. The number of hydrogen-bond acceptors (Lipinski definition) is 4. The summed E-state index contributed by atoms with van der Waals surface area (Å²) in [6.07, 6.45) is 0.881. The number of rotatable bonds is 10. The Bertz CT molecular complexity index is 757. The number of aliphatic hydroxyl groups is 1. The number of halogens is 2. The molecular formula is C21H29ClIN3O3. The average Bonchev–Trinajstić information content (AvgIpc) is 2.72. The van der Waals surface area contributed by atoms with Crippen LogP contribution in [0.2, 0.25) is 5.02 Å². The van der Waals surface area contributed by atoms with Gasteiger partial charge in [0.25, 0.3) is 0 Å². The lowest BCUT2D eigenvalue weighted by Gasteiger charge is -2.13. The van der Waals surface area contributed by atoms with Gasteiger partial charge in [-0.05, 0) is 48.7 Å². The van der Waals surface area contributed by atoms with E-state index in [1.54, 1.807) is 7.11 Å². The summed E-state index contributed by atoms with van der Waals surface area (Å²) in [6, 6.07) is 13.5. The topological polar surface area (TPSA) is 75.1 Å². The molecule has 0 bridgehead atoms. The molecule has 3 N–H and O–H groups in total. The molecule has 8 heteroatoms. The van der Waals surface area contributed by atoms with E-state index >= 15 is 0 Å². The second-order valence-corrected chi connectivity index (χ2v) is 6.49. The minimum Gasteiger partial charge on any atom is -0.493 e. The van der Waals surface area contributed by atoms with Crippen molar-refractivity contribution in [3.63, 3.8) is 0 Å². The van der Waals surface area contributed by atoms with E-state index in [1.165, 1.54) is 5.56 Å². The lowest BCUT2D eigenvalue weighted by Crippen LogP contribution is -2.38. The average molecular weight is 534 g/mol.